The molecule has 0 N–H and O–H groups in total. The molecule has 0 spiro atoms. The van der Waals surface area contributed by atoms with Crippen molar-refractivity contribution in [3.8, 4) is 0 Å². The van der Waals surface area contributed by atoms with Crippen LogP contribution in [0.15, 0.2) is 12.3 Å². The van der Waals surface area contributed by atoms with Gasteiger partial charge in [0, 0.05) is 26.2 Å². The van der Waals surface area contributed by atoms with Gasteiger partial charge in [-0.05, 0) is 50.7 Å². The SMILES string of the molecule is C=C[Si](C)(CCCN1CCN(C)CC1)O[Si](CC)(CC)CC. The van der Waals surface area contributed by atoms with E-state index in [2.05, 4.69) is 56.4 Å². The van der Waals surface area contributed by atoms with Crippen molar-refractivity contribution >= 4 is 16.6 Å². The second kappa shape index (κ2) is 9.37. The van der Waals surface area contributed by atoms with Crippen molar-refractivity contribution in [3.63, 3.8) is 0 Å². The summed E-state index contributed by atoms with van der Waals surface area (Å²) in [6, 6.07) is 4.97. The number of nitrogens with zero attached hydrogens (tertiary/aromatic N) is 2. The maximum atomic E-state index is 6.86. The first kappa shape index (κ1) is 20.1. The standard InChI is InChI=1S/C17H38N2OSi2/c1-7-21(6,20-22(8-2,9-3)10-4)17-11-12-19-15-13-18(5)14-16-19/h7H,1,8-17H2,2-6H3. The highest BCUT2D eigenvalue weighted by Gasteiger charge is 2.37. The Morgan fingerprint density at radius 3 is 2.05 bits per heavy atom. The minimum atomic E-state index is -1.73. The van der Waals surface area contributed by atoms with E-state index in [0.717, 1.165) is 0 Å². The van der Waals surface area contributed by atoms with E-state index in [9.17, 15) is 0 Å². The molecule has 1 heterocycles. The van der Waals surface area contributed by atoms with Crippen LogP contribution in [0.4, 0.5) is 0 Å². The minimum Gasteiger partial charge on any atom is -0.452 e. The van der Waals surface area contributed by atoms with Crippen molar-refractivity contribution in [3.05, 3.63) is 12.3 Å². The molecule has 0 aromatic rings. The Balaban J connectivity index is 2.47. The van der Waals surface area contributed by atoms with Crippen LogP contribution in [0.5, 0.6) is 0 Å². The molecule has 0 saturated carbocycles. The predicted molar refractivity (Wildman–Crippen MR) is 103 cm³/mol. The lowest BCUT2D eigenvalue weighted by Gasteiger charge is -2.38. The maximum absolute atomic E-state index is 6.86. The molecule has 1 atom stereocenters. The molecule has 130 valence electrons. The van der Waals surface area contributed by atoms with Crippen LogP contribution in [0.2, 0.25) is 30.7 Å². The molecule has 22 heavy (non-hydrogen) atoms. The highest BCUT2D eigenvalue weighted by molar-refractivity contribution is 6.89. The third-order valence-corrected chi connectivity index (χ3v) is 15.2. The van der Waals surface area contributed by atoms with E-state index in [4.69, 9.17) is 4.12 Å². The topological polar surface area (TPSA) is 15.7 Å². The normalized spacial score (nSPS) is 20.8. The van der Waals surface area contributed by atoms with Crippen molar-refractivity contribution < 1.29 is 4.12 Å². The Hall–Kier alpha value is 0.0538. The van der Waals surface area contributed by atoms with E-state index < -0.39 is 16.6 Å². The van der Waals surface area contributed by atoms with Gasteiger partial charge < -0.3 is 13.9 Å². The Labute approximate surface area is 141 Å². The summed E-state index contributed by atoms with van der Waals surface area (Å²) in [6.07, 6.45) is 1.26. The molecule has 0 aliphatic carbocycles. The van der Waals surface area contributed by atoms with Crippen LogP contribution in [-0.2, 0) is 4.12 Å². The van der Waals surface area contributed by atoms with E-state index in [0.29, 0.717) is 0 Å². The van der Waals surface area contributed by atoms with Gasteiger partial charge in [-0.1, -0.05) is 26.5 Å². The van der Waals surface area contributed by atoms with Crippen LogP contribution >= 0.6 is 0 Å². The summed E-state index contributed by atoms with van der Waals surface area (Å²) in [6.45, 7) is 19.6. The average molecular weight is 343 g/mol. The number of rotatable bonds is 10. The van der Waals surface area contributed by atoms with Gasteiger partial charge in [0.2, 0.25) is 8.32 Å². The lowest BCUT2D eigenvalue weighted by molar-refractivity contribution is 0.154. The maximum Gasteiger partial charge on any atom is 0.201 e. The van der Waals surface area contributed by atoms with Crippen LogP contribution < -0.4 is 0 Å². The Morgan fingerprint density at radius 2 is 1.59 bits per heavy atom. The van der Waals surface area contributed by atoms with Crippen molar-refractivity contribution in [2.45, 2.75) is 57.9 Å². The number of piperazine rings is 1. The van der Waals surface area contributed by atoms with E-state index in [1.165, 1.54) is 63.3 Å². The zero-order chi connectivity index (χ0) is 16.6. The van der Waals surface area contributed by atoms with Crippen LogP contribution in [-0.4, -0.2) is 66.2 Å². The van der Waals surface area contributed by atoms with E-state index in [1.807, 2.05) is 0 Å². The Morgan fingerprint density at radius 1 is 1.05 bits per heavy atom. The molecule has 1 rings (SSSR count). The lowest BCUT2D eigenvalue weighted by atomic mass is 10.3. The third kappa shape index (κ3) is 5.92. The molecule has 1 aliphatic rings. The van der Waals surface area contributed by atoms with Gasteiger partial charge in [-0.2, -0.15) is 0 Å². The first-order chi connectivity index (χ1) is 10.4. The first-order valence-corrected chi connectivity index (χ1v) is 14.4. The summed E-state index contributed by atoms with van der Waals surface area (Å²) < 4.78 is 6.86. The molecule has 0 bridgehead atoms. The molecule has 0 aromatic carbocycles. The fraction of sp³-hybridized carbons (Fsp3) is 0.882. The van der Waals surface area contributed by atoms with E-state index >= 15 is 0 Å². The van der Waals surface area contributed by atoms with Gasteiger partial charge in [-0.3, -0.25) is 0 Å². The fourth-order valence-corrected chi connectivity index (χ4v) is 12.4. The van der Waals surface area contributed by atoms with Crippen molar-refractivity contribution in [1.82, 2.24) is 9.80 Å². The van der Waals surface area contributed by atoms with Gasteiger partial charge in [0.25, 0.3) is 0 Å². The number of hydrogen-bond acceptors (Lipinski definition) is 3. The van der Waals surface area contributed by atoms with Gasteiger partial charge in [0.1, 0.15) is 0 Å². The zero-order valence-electron chi connectivity index (χ0n) is 15.7. The molecule has 1 aliphatic heterocycles. The summed E-state index contributed by atoms with van der Waals surface area (Å²) in [5.74, 6) is 0. The van der Waals surface area contributed by atoms with E-state index in [1.54, 1.807) is 0 Å². The van der Waals surface area contributed by atoms with Crippen molar-refractivity contribution in [2.24, 2.45) is 0 Å². The van der Waals surface area contributed by atoms with Crippen molar-refractivity contribution in [2.75, 3.05) is 39.8 Å². The third-order valence-electron chi connectivity index (χ3n) is 5.56. The minimum absolute atomic E-state index is 1.21. The molecule has 1 fully saturated rings. The second-order valence-corrected chi connectivity index (χ2v) is 15.9. The fourth-order valence-electron chi connectivity index (χ4n) is 3.38. The molecular weight excluding hydrogens is 304 g/mol. The number of hydrogen-bond donors (Lipinski definition) is 0. The molecule has 3 nitrogen and oxygen atoms in total. The Bertz CT molecular complexity index is 320. The molecule has 0 radical (unpaired) electrons. The zero-order valence-corrected chi connectivity index (χ0v) is 17.7. The van der Waals surface area contributed by atoms with Crippen LogP contribution in [0.25, 0.3) is 0 Å². The monoisotopic (exact) mass is 342 g/mol. The summed E-state index contributed by atoms with van der Waals surface area (Å²) in [4.78, 5) is 5.04. The second-order valence-electron chi connectivity index (χ2n) is 7.11. The van der Waals surface area contributed by atoms with Gasteiger partial charge in [0.05, 0.1) is 0 Å². The van der Waals surface area contributed by atoms with Crippen molar-refractivity contribution in [1.29, 1.82) is 0 Å². The highest BCUT2D eigenvalue weighted by atomic mass is 28.4. The molecule has 5 heteroatoms. The predicted octanol–water partition coefficient (Wildman–Crippen LogP) is 3.95. The quantitative estimate of drug-likeness (QED) is 0.559. The average Bonchev–Trinajstić information content (AvgIpc) is 2.55. The lowest BCUT2D eigenvalue weighted by Crippen LogP contribution is -2.49. The Kier molecular flexibility index (Phi) is 8.56. The molecule has 1 unspecified atom stereocenters. The van der Waals surface area contributed by atoms with Gasteiger partial charge in [-0.15, -0.1) is 6.58 Å². The first-order valence-electron chi connectivity index (χ1n) is 9.17. The largest absolute Gasteiger partial charge is 0.452 e. The summed E-state index contributed by atoms with van der Waals surface area (Å²) in [7, 11) is -1.01. The highest BCUT2D eigenvalue weighted by Crippen LogP contribution is 2.29. The molecule has 1 saturated heterocycles. The molecule has 0 amide bonds. The molecular formula is C17H38N2OSi2. The van der Waals surface area contributed by atoms with Crippen LogP contribution in [0.1, 0.15) is 27.2 Å². The van der Waals surface area contributed by atoms with Gasteiger partial charge in [0.15, 0.2) is 8.32 Å². The summed E-state index contributed by atoms with van der Waals surface area (Å²) in [5.41, 5.74) is 2.19. The summed E-state index contributed by atoms with van der Waals surface area (Å²) in [5, 5.41) is 0. The van der Waals surface area contributed by atoms with Crippen LogP contribution in [0, 0.1) is 0 Å². The van der Waals surface area contributed by atoms with Gasteiger partial charge in [-0.25, -0.2) is 0 Å². The van der Waals surface area contributed by atoms with Crippen LogP contribution in [0.3, 0.4) is 0 Å². The smallest absolute Gasteiger partial charge is 0.201 e. The molecule has 0 aromatic heterocycles. The summed E-state index contributed by atoms with van der Waals surface area (Å²) >= 11 is 0. The van der Waals surface area contributed by atoms with E-state index in [-0.39, 0.29) is 0 Å². The number of likely N-dealkylation sites (N-methyl/N-ethyl adjacent to an activating group) is 1. The van der Waals surface area contributed by atoms with Gasteiger partial charge >= 0.3 is 0 Å².